The second-order valence-electron chi connectivity index (χ2n) is 17.7. The highest BCUT2D eigenvalue weighted by molar-refractivity contribution is 7.99. The lowest BCUT2D eigenvalue weighted by atomic mass is 9.60. The predicted octanol–water partition coefficient (Wildman–Crippen LogP) is 9.02. The van der Waals surface area contributed by atoms with Gasteiger partial charge in [-0.2, -0.15) is 0 Å². The van der Waals surface area contributed by atoms with E-state index in [1.807, 2.05) is 25.3 Å². The van der Waals surface area contributed by atoms with Crippen LogP contribution in [0.4, 0.5) is 17.1 Å². The molecule has 3 aromatic carbocycles. The van der Waals surface area contributed by atoms with Gasteiger partial charge in [-0.15, -0.1) is 0 Å². The largest absolute Gasteiger partial charge is 0.497 e. The van der Waals surface area contributed by atoms with Gasteiger partial charge in [-0.3, -0.25) is 9.80 Å². The van der Waals surface area contributed by atoms with Crippen molar-refractivity contribution in [3.05, 3.63) is 90.8 Å². The smallest absolute Gasteiger partial charge is 0.146 e. The van der Waals surface area contributed by atoms with E-state index in [-0.39, 0.29) is 0 Å². The van der Waals surface area contributed by atoms with Crippen molar-refractivity contribution in [2.45, 2.75) is 86.3 Å². The number of benzene rings is 3. The third-order valence-corrected chi connectivity index (χ3v) is 14.6. The fourth-order valence-corrected chi connectivity index (χ4v) is 10.6. The molecule has 4 fully saturated rings. The Bertz CT molecular complexity index is 2160. The van der Waals surface area contributed by atoms with Crippen molar-refractivity contribution in [2.24, 2.45) is 11.3 Å². The van der Waals surface area contributed by atoms with Gasteiger partial charge in [0.05, 0.1) is 35.2 Å². The number of nitrogens with one attached hydrogen (secondary N) is 2. The summed E-state index contributed by atoms with van der Waals surface area (Å²) in [6.07, 6.45) is 12.6. The van der Waals surface area contributed by atoms with Crippen LogP contribution in [0.1, 0.15) is 63.9 Å². The molecular weight excluding hydrogens is 743 g/mol. The minimum atomic E-state index is -0.519. The topological polar surface area (TPSA) is 115 Å². The first-order valence-electron chi connectivity index (χ1n) is 21.3. The summed E-state index contributed by atoms with van der Waals surface area (Å²) in [5.74, 6) is 3.01. The number of hydrogen-bond donors (Lipinski definition) is 4. The Hall–Kier alpha value is -4.42. The van der Waals surface area contributed by atoms with E-state index in [9.17, 15) is 5.11 Å². The summed E-state index contributed by atoms with van der Waals surface area (Å²) >= 11 is 1.67. The van der Waals surface area contributed by atoms with Crippen LogP contribution in [-0.2, 0) is 6.54 Å². The summed E-state index contributed by atoms with van der Waals surface area (Å²) in [4.78, 5) is 17.8. The van der Waals surface area contributed by atoms with E-state index in [2.05, 4.69) is 90.6 Å². The van der Waals surface area contributed by atoms with Gasteiger partial charge in [-0.05, 0) is 130 Å². The number of H-pyrrole nitrogens is 1. The van der Waals surface area contributed by atoms with Crippen molar-refractivity contribution >= 4 is 39.9 Å². The zero-order chi connectivity index (χ0) is 39.7. The molecule has 306 valence electrons. The van der Waals surface area contributed by atoms with E-state index < -0.39 is 5.60 Å². The number of fused-ring (bicyclic) bond motifs is 1. The molecule has 11 heteroatoms. The zero-order valence-corrected chi connectivity index (χ0v) is 34.9. The van der Waals surface area contributed by atoms with Crippen molar-refractivity contribution in [1.29, 1.82) is 0 Å². The van der Waals surface area contributed by atoms with E-state index in [1.165, 1.54) is 50.0 Å². The number of aromatic nitrogens is 2. The number of nitrogens with two attached hydrogens (primary N) is 1. The van der Waals surface area contributed by atoms with Gasteiger partial charge in [0.2, 0.25) is 0 Å². The number of pyridine rings is 1. The molecule has 0 radical (unpaired) electrons. The van der Waals surface area contributed by atoms with E-state index in [1.54, 1.807) is 25.1 Å². The molecule has 4 heterocycles. The Morgan fingerprint density at radius 2 is 1.67 bits per heavy atom. The maximum absolute atomic E-state index is 10.3. The fraction of sp³-hybridized carbons (Fsp3) is 0.468. The highest BCUT2D eigenvalue weighted by atomic mass is 32.2. The fourth-order valence-electron chi connectivity index (χ4n) is 9.73. The molecule has 2 aliphatic carbocycles. The van der Waals surface area contributed by atoms with Crippen molar-refractivity contribution in [1.82, 2.24) is 19.8 Å². The van der Waals surface area contributed by atoms with Crippen LogP contribution in [0, 0.1) is 11.3 Å². The molecule has 4 aliphatic rings. The standard InChI is InChI=1S/C47H59N7O3S/c1-46(55)14-11-33(12-15-46)30-50-42-9-8-40(27-41(42)48)58-44-10-5-36(26-43(44)57-39-25-35-13-18-49-45(35)51-31-39)53-19-16-47(17-20-53)28-37(29-47)54-23-21-52(22-24-54)32-34-3-6-38(56-2)7-4-34/h3-10,13,18,25-27,31,33,37,50,55H,11-12,14-17,19-24,28-30,32,48H2,1-2H3,(H,49,51)/t33-,46-. The second-order valence-corrected chi connectivity index (χ2v) is 18.8. The maximum atomic E-state index is 10.3. The number of aliphatic hydroxyl groups is 1. The van der Waals surface area contributed by atoms with Crippen LogP contribution >= 0.6 is 11.8 Å². The molecular formula is C47H59N7O3S. The maximum Gasteiger partial charge on any atom is 0.146 e. The molecule has 5 aromatic rings. The van der Waals surface area contributed by atoms with Crippen LogP contribution in [0.5, 0.6) is 17.2 Å². The van der Waals surface area contributed by atoms with Gasteiger partial charge in [-0.1, -0.05) is 23.9 Å². The minimum Gasteiger partial charge on any atom is -0.497 e. The monoisotopic (exact) mass is 801 g/mol. The molecule has 0 amide bonds. The number of methoxy groups -OCH3 is 1. The zero-order valence-electron chi connectivity index (χ0n) is 34.1. The first kappa shape index (κ1) is 39.1. The third-order valence-electron chi connectivity index (χ3n) is 13.6. The van der Waals surface area contributed by atoms with Gasteiger partial charge >= 0.3 is 0 Å². The Balaban J connectivity index is 0.819. The molecule has 1 spiro atoms. The molecule has 2 saturated heterocycles. The minimum absolute atomic E-state index is 0.479. The Morgan fingerprint density at radius 1 is 0.897 bits per heavy atom. The Morgan fingerprint density at radius 3 is 2.41 bits per heavy atom. The van der Waals surface area contributed by atoms with Crippen LogP contribution in [-0.4, -0.2) is 89.4 Å². The lowest BCUT2D eigenvalue weighted by Gasteiger charge is -2.56. The summed E-state index contributed by atoms with van der Waals surface area (Å²) in [6, 6.07) is 26.3. The number of piperidine rings is 1. The lowest BCUT2D eigenvalue weighted by Crippen LogP contribution is -2.59. The van der Waals surface area contributed by atoms with Crippen molar-refractivity contribution in [3.63, 3.8) is 0 Å². The van der Waals surface area contributed by atoms with Crippen molar-refractivity contribution in [3.8, 4) is 17.2 Å². The average Bonchev–Trinajstić information content (AvgIpc) is 3.70. The van der Waals surface area contributed by atoms with E-state index in [4.69, 9.17) is 15.2 Å². The molecule has 2 aromatic heterocycles. The molecule has 2 aliphatic heterocycles. The molecule has 0 atom stereocenters. The Kier molecular flexibility index (Phi) is 11.2. The average molecular weight is 802 g/mol. The summed E-state index contributed by atoms with van der Waals surface area (Å²) in [7, 11) is 1.72. The summed E-state index contributed by atoms with van der Waals surface area (Å²) in [6.45, 7) is 10.6. The van der Waals surface area contributed by atoms with Crippen LogP contribution in [0.15, 0.2) is 95.0 Å². The van der Waals surface area contributed by atoms with Gasteiger partial charge in [0.1, 0.15) is 22.9 Å². The normalized spacial score (nSPS) is 22.9. The quantitative estimate of drug-likeness (QED) is 0.0912. The summed E-state index contributed by atoms with van der Waals surface area (Å²) in [5.41, 5.74) is 11.7. The van der Waals surface area contributed by atoms with Crippen LogP contribution in [0.3, 0.4) is 0 Å². The van der Waals surface area contributed by atoms with E-state index >= 15 is 0 Å². The molecule has 2 saturated carbocycles. The van der Waals surface area contributed by atoms with Crippen LogP contribution < -0.4 is 25.4 Å². The first-order chi connectivity index (χ1) is 28.2. The number of piperazine rings is 1. The molecule has 0 bridgehead atoms. The lowest BCUT2D eigenvalue weighted by molar-refractivity contribution is -0.0355. The van der Waals surface area contributed by atoms with Crippen LogP contribution in [0.25, 0.3) is 11.0 Å². The first-order valence-corrected chi connectivity index (χ1v) is 22.1. The second kappa shape index (κ2) is 16.7. The van der Waals surface area contributed by atoms with Crippen molar-refractivity contribution < 1.29 is 14.6 Å². The number of aromatic amines is 1. The Labute approximate surface area is 347 Å². The summed E-state index contributed by atoms with van der Waals surface area (Å²) in [5, 5.41) is 15.0. The number of hydrogen-bond acceptors (Lipinski definition) is 10. The van der Waals surface area contributed by atoms with Gasteiger partial charge in [0, 0.05) is 86.6 Å². The molecule has 0 unspecified atom stereocenters. The molecule has 58 heavy (non-hydrogen) atoms. The van der Waals surface area contributed by atoms with Gasteiger partial charge in [0.25, 0.3) is 0 Å². The molecule has 10 nitrogen and oxygen atoms in total. The number of nitrogens with zero attached hydrogens (tertiary/aromatic N) is 4. The summed E-state index contributed by atoms with van der Waals surface area (Å²) < 4.78 is 12.0. The number of nitrogen functional groups attached to an aromatic ring is 1. The van der Waals surface area contributed by atoms with Gasteiger partial charge < -0.3 is 35.5 Å². The van der Waals surface area contributed by atoms with E-state index in [0.29, 0.717) is 17.1 Å². The SMILES string of the molecule is COc1ccc(CN2CCN(C3CC4(CCN(c5ccc(Sc6ccc(NC[C@H]7CC[C@](C)(O)CC7)c(N)c6)c(Oc6cnc7[nH]ccc7c6)c5)CC4)C3)CC2)cc1. The number of rotatable bonds is 12. The van der Waals surface area contributed by atoms with Gasteiger partial charge in [0.15, 0.2) is 0 Å². The van der Waals surface area contributed by atoms with E-state index in [0.717, 1.165) is 115 Å². The highest BCUT2D eigenvalue weighted by Gasteiger charge is 2.48. The van der Waals surface area contributed by atoms with Crippen LogP contribution in [0.2, 0.25) is 0 Å². The number of ether oxygens (including phenoxy) is 2. The third kappa shape index (κ3) is 8.93. The molecule has 5 N–H and O–H groups in total. The highest BCUT2D eigenvalue weighted by Crippen LogP contribution is 2.52. The molecule has 9 rings (SSSR count). The van der Waals surface area contributed by atoms with Gasteiger partial charge in [-0.25, -0.2) is 4.98 Å². The van der Waals surface area contributed by atoms with Crippen molar-refractivity contribution in [2.75, 3.05) is 68.9 Å². The number of anilines is 3. The predicted molar refractivity (Wildman–Crippen MR) is 235 cm³/mol.